The molecule has 3 aliphatic rings. The van der Waals surface area contributed by atoms with Crippen molar-refractivity contribution < 1.29 is 36.6 Å². The summed E-state index contributed by atoms with van der Waals surface area (Å²) >= 11 is 1.48. The first-order chi connectivity index (χ1) is 18.1. The van der Waals surface area contributed by atoms with Crippen LogP contribution >= 0.6 is 11.3 Å². The largest absolute Gasteiger partial charge is 0.490 e. The van der Waals surface area contributed by atoms with Gasteiger partial charge in [-0.3, -0.25) is 0 Å². The van der Waals surface area contributed by atoms with Crippen LogP contribution in [0.2, 0.25) is 0 Å². The van der Waals surface area contributed by atoms with Crippen LogP contribution < -0.4 is 10.5 Å². The molecule has 3 aliphatic carbocycles. The monoisotopic (exact) mass is 585 g/mol. The lowest BCUT2D eigenvalue weighted by Crippen LogP contribution is -2.56. The Morgan fingerprint density at radius 1 is 1.18 bits per heavy atom. The van der Waals surface area contributed by atoms with Gasteiger partial charge in [-0.05, 0) is 62.6 Å². The lowest BCUT2D eigenvalue weighted by atomic mass is 9.66. The summed E-state index contributed by atoms with van der Waals surface area (Å²) in [5.41, 5.74) is 8.18. The molecule has 5 N–H and O–H groups in total. The van der Waals surface area contributed by atoms with Crippen molar-refractivity contribution in [3.8, 4) is 21.8 Å². The first kappa shape index (κ1) is 28.9. The highest BCUT2D eigenvalue weighted by atomic mass is 32.2. The number of hydrogen-bond acceptors (Lipinski definition) is 9. The fraction of sp³-hybridized carbons (Fsp3) is 0.417. The average Bonchev–Trinajstić information content (AvgIpc) is 3.52. The van der Waals surface area contributed by atoms with Crippen LogP contribution in [0.3, 0.4) is 0 Å². The molecule has 3 aromatic rings. The molecule has 2 aromatic heterocycles. The van der Waals surface area contributed by atoms with Crippen LogP contribution in [0.25, 0.3) is 21.8 Å². The Labute approximate surface area is 226 Å². The van der Waals surface area contributed by atoms with Crippen molar-refractivity contribution in [2.24, 2.45) is 5.41 Å². The minimum atomic E-state index is -5.08. The second-order valence-electron chi connectivity index (χ2n) is 9.91. The summed E-state index contributed by atoms with van der Waals surface area (Å²) in [5, 5.41) is 17.6. The van der Waals surface area contributed by atoms with Crippen molar-refractivity contribution in [2.75, 3.05) is 12.3 Å². The number of aryl methyl sites for hydroxylation is 2. The van der Waals surface area contributed by atoms with E-state index in [0.717, 1.165) is 28.3 Å². The number of aromatic nitrogens is 3. The van der Waals surface area contributed by atoms with Gasteiger partial charge in [-0.25, -0.2) is 32.9 Å². The summed E-state index contributed by atoms with van der Waals surface area (Å²) in [6, 6.07) is 5.04. The molecule has 15 heteroatoms. The number of nitrogens with one attached hydrogen (secondary N) is 1. The topological polar surface area (TPSA) is 168 Å². The molecule has 0 saturated heterocycles. The smallest absolute Gasteiger partial charge is 0.475 e. The number of carbonyl (C=O) groups is 1. The van der Waals surface area contributed by atoms with Gasteiger partial charge in [-0.2, -0.15) is 13.2 Å². The molecule has 6 rings (SSSR count). The number of aliphatic hydroxyl groups excluding tert-OH is 1. The Hall–Kier alpha value is -3.14. The molecule has 1 aromatic carbocycles. The summed E-state index contributed by atoms with van der Waals surface area (Å²) in [6.45, 7) is 3.93. The Morgan fingerprint density at radius 2 is 1.85 bits per heavy atom. The maximum Gasteiger partial charge on any atom is 0.490 e. The lowest BCUT2D eigenvalue weighted by Gasteiger charge is -2.46. The number of nitrogen functional groups attached to an aromatic ring is 1. The molecule has 0 unspecified atom stereocenters. The van der Waals surface area contributed by atoms with Crippen LogP contribution in [0, 0.1) is 19.3 Å². The lowest BCUT2D eigenvalue weighted by molar-refractivity contribution is -0.192. The maximum absolute atomic E-state index is 13.2. The van der Waals surface area contributed by atoms with Gasteiger partial charge in [0.2, 0.25) is 10.0 Å². The fourth-order valence-corrected chi connectivity index (χ4v) is 7.35. The van der Waals surface area contributed by atoms with Crippen molar-refractivity contribution in [2.45, 2.75) is 56.1 Å². The number of carboxylic acids is 1. The normalized spacial score (nSPS) is 22.1. The first-order valence-corrected chi connectivity index (χ1v) is 14.0. The standard InChI is InChI=1S/C22H25N5O3S2.C2HF3O2/c1-13-3-4-15(32(29,30)27-22-6-5-21(10-22,11-22)12-28)7-16(13)17-8-25-20(23)19(26-17)18-9-24-14(2)31-18;3-2(4,5)1(6)7/h3-4,7-9,27-28H,5-6,10-12H2,1-2H3,(H2,23,25);(H,6,7). The van der Waals surface area contributed by atoms with E-state index in [1.54, 1.807) is 30.6 Å². The van der Waals surface area contributed by atoms with E-state index in [2.05, 4.69) is 14.7 Å². The number of nitrogens with zero attached hydrogens (tertiary/aromatic N) is 3. The third-order valence-electron chi connectivity index (χ3n) is 6.94. The minimum absolute atomic E-state index is 0.105. The number of aliphatic carboxylic acids is 1. The highest BCUT2D eigenvalue weighted by Gasteiger charge is 2.61. The second kappa shape index (κ2) is 10.1. The van der Waals surface area contributed by atoms with Gasteiger partial charge in [-0.15, -0.1) is 11.3 Å². The van der Waals surface area contributed by atoms with Crippen LogP contribution in [0.4, 0.5) is 19.0 Å². The zero-order valence-electron chi connectivity index (χ0n) is 20.9. The van der Waals surface area contributed by atoms with E-state index in [9.17, 15) is 26.7 Å². The molecule has 10 nitrogen and oxygen atoms in total. The molecule has 210 valence electrons. The van der Waals surface area contributed by atoms with Crippen LogP contribution in [-0.4, -0.2) is 57.9 Å². The molecular formula is C24H26F3N5O5S2. The van der Waals surface area contributed by atoms with E-state index in [1.165, 1.54) is 11.3 Å². The van der Waals surface area contributed by atoms with Crippen molar-refractivity contribution in [1.29, 1.82) is 0 Å². The number of rotatable bonds is 6. The highest BCUT2D eigenvalue weighted by molar-refractivity contribution is 7.89. The van der Waals surface area contributed by atoms with Crippen molar-refractivity contribution in [1.82, 2.24) is 19.7 Å². The number of benzene rings is 1. The van der Waals surface area contributed by atoms with Crippen LogP contribution in [0.15, 0.2) is 35.5 Å². The number of carboxylic acid groups (broad SMARTS) is 1. The zero-order chi connectivity index (χ0) is 28.8. The predicted octanol–water partition coefficient (Wildman–Crippen LogP) is 3.68. The Balaban J connectivity index is 0.000000448. The van der Waals surface area contributed by atoms with Gasteiger partial charge in [0.1, 0.15) is 5.69 Å². The maximum atomic E-state index is 13.2. The quantitative estimate of drug-likeness (QED) is 0.337. The SMILES string of the molecule is Cc1ncc(-c2nc(-c3cc(S(=O)(=O)NC45CCC(CO)(C4)C5)ccc3C)cnc2N)s1.O=C(O)C(F)(F)F. The highest BCUT2D eigenvalue weighted by Crippen LogP contribution is 2.61. The number of hydrogen-bond donors (Lipinski definition) is 4. The first-order valence-electron chi connectivity index (χ1n) is 11.7. The third kappa shape index (κ3) is 5.90. The number of anilines is 1. The number of thiazole rings is 1. The molecule has 3 fully saturated rings. The Kier molecular flexibility index (Phi) is 7.48. The summed E-state index contributed by atoms with van der Waals surface area (Å²) < 4.78 is 61.1. The molecule has 0 aliphatic heterocycles. The predicted molar refractivity (Wildman–Crippen MR) is 137 cm³/mol. The summed E-state index contributed by atoms with van der Waals surface area (Å²) in [6.07, 6.45) is 1.19. The molecule has 39 heavy (non-hydrogen) atoms. The number of fused-ring (bicyclic) bond motifs is 1. The zero-order valence-corrected chi connectivity index (χ0v) is 22.5. The van der Waals surface area contributed by atoms with Crippen molar-refractivity contribution in [3.05, 3.63) is 41.2 Å². The Morgan fingerprint density at radius 3 is 2.38 bits per heavy atom. The van der Waals surface area contributed by atoms with Crippen molar-refractivity contribution >= 4 is 33.1 Å². The van der Waals surface area contributed by atoms with E-state index in [0.29, 0.717) is 35.6 Å². The number of nitrogens with two attached hydrogens (primary N) is 1. The summed E-state index contributed by atoms with van der Waals surface area (Å²) in [4.78, 5) is 23.2. The van der Waals surface area contributed by atoms with Gasteiger partial charge in [0, 0.05) is 23.9 Å². The van der Waals surface area contributed by atoms with Crippen LogP contribution in [0.5, 0.6) is 0 Å². The fourth-order valence-electron chi connectivity index (χ4n) is 5.12. The number of sulfonamides is 1. The van der Waals surface area contributed by atoms with E-state index in [-0.39, 0.29) is 16.9 Å². The Bertz CT molecular complexity index is 1520. The molecule has 0 radical (unpaired) electrons. The molecule has 0 spiro atoms. The number of halogens is 3. The minimum Gasteiger partial charge on any atom is -0.475 e. The van der Waals surface area contributed by atoms with Gasteiger partial charge in [0.15, 0.2) is 5.82 Å². The second-order valence-corrected chi connectivity index (χ2v) is 12.8. The molecular weight excluding hydrogens is 559 g/mol. The van der Waals surface area contributed by atoms with E-state index in [1.807, 2.05) is 13.8 Å². The van der Waals surface area contributed by atoms with E-state index in [4.69, 9.17) is 20.6 Å². The molecule has 2 bridgehead atoms. The molecule has 3 saturated carbocycles. The van der Waals surface area contributed by atoms with Gasteiger partial charge in [0.25, 0.3) is 0 Å². The third-order valence-corrected chi connectivity index (χ3v) is 9.44. The van der Waals surface area contributed by atoms with Crippen LogP contribution in [0.1, 0.15) is 36.3 Å². The van der Waals surface area contributed by atoms with E-state index < -0.39 is 27.7 Å². The molecule has 0 amide bonds. The number of aliphatic hydroxyl groups is 1. The summed E-state index contributed by atoms with van der Waals surface area (Å²) in [7, 11) is -3.73. The average molecular weight is 586 g/mol. The van der Waals surface area contributed by atoms with Gasteiger partial charge >= 0.3 is 12.1 Å². The van der Waals surface area contributed by atoms with Gasteiger partial charge in [0.05, 0.1) is 26.7 Å². The van der Waals surface area contributed by atoms with Gasteiger partial charge < -0.3 is 15.9 Å². The van der Waals surface area contributed by atoms with E-state index >= 15 is 0 Å². The number of alkyl halides is 3. The van der Waals surface area contributed by atoms with Gasteiger partial charge in [-0.1, -0.05) is 6.07 Å². The molecule has 0 atom stereocenters. The summed E-state index contributed by atoms with van der Waals surface area (Å²) in [5.74, 6) is -2.45. The van der Waals surface area contributed by atoms with Crippen molar-refractivity contribution in [3.63, 3.8) is 0 Å². The molecule has 2 heterocycles. The van der Waals surface area contributed by atoms with Crippen LogP contribution in [-0.2, 0) is 14.8 Å².